The van der Waals surface area contributed by atoms with Crippen molar-refractivity contribution in [1.82, 2.24) is 4.90 Å². The highest BCUT2D eigenvalue weighted by molar-refractivity contribution is 5.41. The van der Waals surface area contributed by atoms with E-state index in [1.807, 2.05) is 6.08 Å². The maximum atomic E-state index is 13.8. The lowest BCUT2D eigenvalue weighted by Gasteiger charge is -2.37. The lowest BCUT2D eigenvalue weighted by molar-refractivity contribution is 0.191. The van der Waals surface area contributed by atoms with Gasteiger partial charge >= 0.3 is 0 Å². The van der Waals surface area contributed by atoms with Crippen molar-refractivity contribution < 1.29 is 8.78 Å². The fraction of sp³-hybridized carbons (Fsp3) is 0.615. The van der Waals surface area contributed by atoms with Gasteiger partial charge in [0.1, 0.15) is 0 Å². The highest BCUT2D eigenvalue weighted by atomic mass is 19.3. The molecule has 170 valence electrons. The predicted octanol–water partition coefficient (Wildman–Crippen LogP) is 7.38. The number of allylic oxidation sites excluding steroid dienone is 8. The summed E-state index contributed by atoms with van der Waals surface area (Å²) < 4.78 is 27.6. The molecule has 1 aliphatic heterocycles. The van der Waals surface area contributed by atoms with Crippen LogP contribution in [0.5, 0.6) is 0 Å². The van der Waals surface area contributed by atoms with Crippen molar-refractivity contribution in [2.75, 3.05) is 13.1 Å². The second-order valence-corrected chi connectivity index (χ2v) is 9.17. The van der Waals surface area contributed by atoms with Gasteiger partial charge in [-0.25, -0.2) is 8.78 Å². The van der Waals surface area contributed by atoms with Crippen LogP contribution in [0.15, 0.2) is 58.5 Å². The minimum Gasteiger partial charge on any atom is -0.405 e. The molecular formula is C26H42F2N2. The lowest BCUT2D eigenvalue weighted by Crippen LogP contribution is -2.31. The van der Waals surface area contributed by atoms with Gasteiger partial charge in [0, 0.05) is 24.4 Å². The summed E-state index contributed by atoms with van der Waals surface area (Å²) >= 11 is 0. The van der Waals surface area contributed by atoms with Crippen molar-refractivity contribution in [2.24, 2.45) is 17.1 Å². The fourth-order valence-electron chi connectivity index (χ4n) is 4.02. The van der Waals surface area contributed by atoms with Crippen LogP contribution < -0.4 is 5.73 Å². The van der Waals surface area contributed by atoms with E-state index < -0.39 is 6.43 Å². The van der Waals surface area contributed by atoms with E-state index in [0.29, 0.717) is 18.0 Å². The van der Waals surface area contributed by atoms with Gasteiger partial charge < -0.3 is 10.6 Å². The third kappa shape index (κ3) is 7.14. The molecule has 1 rings (SSSR count). The number of nitrogens with zero attached hydrogens (tertiary/aromatic N) is 1. The van der Waals surface area contributed by atoms with E-state index >= 15 is 0 Å². The summed E-state index contributed by atoms with van der Waals surface area (Å²) in [6, 6.07) is 0. The molecule has 0 aromatic carbocycles. The molecule has 0 spiro atoms. The summed E-state index contributed by atoms with van der Waals surface area (Å²) in [5.74, 6) is 0.509. The normalized spacial score (nSPS) is 22.1. The van der Waals surface area contributed by atoms with Crippen LogP contribution in [-0.4, -0.2) is 24.4 Å². The zero-order valence-electron chi connectivity index (χ0n) is 20.1. The molecule has 1 unspecified atom stereocenters. The molecule has 2 N–H and O–H groups in total. The summed E-state index contributed by atoms with van der Waals surface area (Å²) in [5.41, 5.74) is 9.87. The summed E-state index contributed by atoms with van der Waals surface area (Å²) in [6.07, 6.45) is 10.1. The molecule has 4 heteroatoms. The maximum Gasteiger partial charge on any atom is 0.264 e. The quantitative estimate of drug-likeness (QED) is 0.435. The summed E-state index contributed by atoms with van der Waals surface area (Å²) in [6.45, 7) is 16.8. The monoisotopic (exact) mass is 420 g/mol. The van der Waals surface area contributed by atoms with Crippen molar-refractivity contribution in [3.05, 3.63) is 58.5 Å². The standard InChI is InChI=1S/C26H42F2N2/c1-8-20(4)26(6,7)24(18-19(2)3)21(5)30-16-11-9-10-12-22(13-15-29)23(14-17-30)25(27)28/h12-15,18,20,25H,8-11,16-17,29H2,1-7H3/b15-13+,22-12-,23-14+,24-21+. The zero-order chi connectivity index (χ0) is 22.9. The van der Waals surface area contributed by atoms with Gasteiger partial charge in [0.2, 0.25) is 0 Å². The first-order valence-corrected chi connectivity index (χ1v) is 11.2. The van der Waals surface area contributed by atoms with E-state index in [-0.39, 0.29) is 11.0 Å². The lowest BCUT2D eigenvalue weighted by atomic mass is 9.71. The minimum atomic E-state index is -2.52. The number of halogens is 2. The molecule has 0 saturated heterocycles. The van der Waals surface area contributed by atoms with Gasteiger partial charge in [-0.2, -0.15) is 0 Å². The van der Waals surface area contributed by atoms with Crippen LogP contribution in [0.1, 0.15) is 74.1 Å². The van der Waals surface area contributed by atoms with Crippen LogP contribution in [0.25, 0.3) is 0 Å². The van der Waals surface area contributed by atoms with Crippen molar-refractivity contribution in [3.63, 3.8) is 0 Å². The largest absolute Gasteiger partial charge is 0.405 e. The molecule has 0 bridgehead atoms. The van der Waals surface area contributed by atoms with Gasteiger partial charge in [-0.3, -0.25) is 0 Å². The van der Waals surface area contributed by atoms with Crippen molar-refractivity contribution >= 4 is 0 Å². The Labute approximate surface area is 183 Å². The Morgan fingerprint density at radius 3 is 2.40 bits per heavy atom. The van der Waals surface area contributed by atoms with Gasteiger partial charge in [0.05, 0.1) is 0 Å². The fourth-order valence-corrected chi connectivity index (χ4v) is 4.02. The average molecular weight is 421 g/mol. The first-order valence-electron chi connectivity index (χ1n) is 11.2. The molecule has 0 aliphatic carbocycles. The Morgan fingerprint density at radius 2 is 1.87 bits per heavy atom. The van der Waals surface area contributed by atoms with Gasteiger partial charge in [0.15, 0.2) is 0 Å². The molecule has 0 amide bonds. The second kappa shape index (κ2) is 12.1. The molecule has 2 nitrogen and oxygen atoms in total. The van der Waals surface area contributed by atoms with Crippen LogP contribution in [0.3, 0.4) is 0 Å². The Hall–Kier alpha value is -1.84. The van der Waals surface area contributed by atoms with Crippen molar-refractivity contribution in [2.45, 2.75) is 80.6 Å². The second-order valence-electron chi connectivity index (χ2n) is 9.17. The molecule has 0 aromatic heterocycles. The highest BCUT2D eigenvalue weighted by Crippen LogP contribution is 2.40. The average Bonchev–Trinajstić information content (AvgIpc) is 2.68. The number of alkyl halides is 2. The number of nitrogens with two attached hydrogens (primary N) is 1. The maximum absolute atomic E-state index is 13.8. The van der Waals surface area contributed by atoms with E-state index in [1.54, 1.807) is 12.2 Å². The first kappa shape index (κ1) is 26.2. The molecule has 1 atom stereocenters. The Balaban J connectivity index is 3.50. The molecule has 1 heterocycles. The zero-order valence-corrected chi connectivity index (χ0v) is 20.1. The minimum absolute atomic E-state index is 0.00592. The van der Waals surface area contributed by atoms with Crippen LogP contribution in [0, 0.1) is 11.3 Å². The molecule has 1 aliphatic rings. The van der Waals surface area contributed by atoms with Crippen molar-refractivity contribution in [3.8, 4) is 0 Å². The van der Waals surface area contributed by atoms with E-state index in [1.165, 1.54) is 23.0 Å². The SMILES string of the molecule is CCC(C)C(C)(C)/C(C=C(C)C)=C(\C)N1C\C=C(C(F)F)/C(/C=C/N)=C\CCCC1. The van der Waals surface area contributed by atoms with Gasteiger partial charge in [-0.15, -0.1) is 0 Å². The van der Waals surface area contributed by atoms with Gasteiger partial charge in [-0.1, -0.05) is 57.9 Å². The Morgan fingerprint density at radius 1 is 1.20 bits per heavy atom. The number of hydrogen-bond acceptors (Lipinski definition) is 2. The van der Waals surface area contributed by atoms with Crippen LogP contribution in [0.2, 0.25) is 0 Å². The molecular weight excluding hydrogens is 378 g/mol. The Kier molecular flexibility index (Phi) is 10.6. The molecule has 0 fully saturated rings. The van der Waals surface area contributed by atoms with Crippen LogP contribution >= 0.6 is 0 Å². The topological polar surface area (TPSA) is 29.3 Å². The van der Waals surface area contributed by atoms with Crippen LogP contribution in [-0.2, 0) is 0 Å². The summed E-state index contributed by atoms with van der Waals surface area (Å²) in [4.78, 5) is 2.27. The number of rotatable bonds is 7. The van der Waals surface area contributed by atoms with E-state index in [0.717, 1.165) is 32.2 Å². The van der Waals surface area contributed by atoms with Crippen molar-refractivity contribution in [1.29, 1.82) is 0 Å². The van der Waals surface area contributed by atoms with E-state index in [4.69, 9.17) is 5.73 Å². The third-order valence-corrected chi connectivity index (χ3v) is 6.46. The molecule has 30 heavy (non-hydrogen) atoms. The highest BCUT2D eigenvalue weighted by Gasteiger charge is 2.30. The predicted molar refractivity (Wildman–Crippen MR) is 126 cm³/mol. The van der Waals surface area contributed by atoms with E-state index in [9.17, 15) is 8.78 Å². The number of hydrogen-bond donors (Lipinski definition) is 1. The van der Waals surface area contributed by atoms with E-state index in [2.05, 4.69) is 59.4 Å². The molecule has 0 saturated carbocycles. The van der Waals surface area contributed by atoms with Crippen LogP contribution in [0.4, 0.5) is 8.78 Å². The Bertz CT molecular complexity index is 705. The molecule has 0 radical (unpaired) electrons. The van der Waals surface area contributed by atoms with Gasteiger partial charge in [-0.05, 0) is 74.8 Å². The van der Waals surface area contributed by atoms with Gasteiger partial charge in [0.25, 0.3) is 6.43 Å². The summed E-state index contributed by atoms with van der Waals surface area (Å²) in [5, 5.41) is 0. The molecule has 0 aromatic rings. The summed E-state index contributed by atoms with van der Waals surface area (Å²) in [7, 11) is 0. The first-order chi connectivity index (χ1) is 14.1. The third-order valence-electron chi connectivity index (χ3n) is 6.46. The smallest absolute Gasteiger partial charge is 0.264 e.